The molecule has 0 atom stereocenters. The van der Waals surface area contributed by atoms with E-state index in [-0.39, 0.29) is 0 Å². The molecule has 4 rings (SSSR count). The first-order chi connectivity index (χ1) is 12.3. The summed E-state index contributed by atoms with van der Waals surface area (Å²) in [5.74, 6) is 0. The molecule has 0 bridgehead atoms. The van der Waals surface area contributed by atoms with Crippen LogP contribution in [0.15, 0.2) is 66.4 Å². The SMILES string of the molecule is N#Cc1ccc(Cn2cncc2CNc2ccc3sccc3c2)cc1. The van der Waals surface area contributed by atoms with Crippen molar-refractivity contribution in [1.29, 1.82) is 5.26 Å². The van der Waals surface area contributed by atoms with Crippen molar-refractivity contribution in [3.8, 4) is 6.07 Å². The highest BCUT2D eigenvalue weighted by Crippen LogP contribution is 2.24. The van der Waals surface area contributed by atoms with Crippen molar-refractivity contribution in [3.05, 3.63) is 83.3 Å². The molecule has 0 aliphatic heterocycles. The van der Waals surface area contributed by atoms with Gasteiger partial charge in [-0.05, 0) is 52.7 Å². The molecule has 0 aliphatic rings. The van der Waals surface area contributed by atoms with E-state index >= 15 is 0 Å². The van der Waals surface area contributed by atoms with E-state index in [1.165, 1.54) is 10.1 Å². The number of imidazole rings is 1. The van der Waals surface area contributed by atoms with Crippen molar-refractivity contribution in [3.63, 3.8) is 0 Å². The van der Waals surface area contributed by atoms with E-state index < -0.39 is 0 Å². The zero-order chi connectivity index (χ0) is 17.1. The van der Waals surface area contributed by atoms with Crippen molar-refractivity contribution < 1.29 is 0 Å². The molecule has 0 amide bonds. The number of nitrogens with zero attached hydrogens (tertiary/aromatic N) is 3. The Kier molecular flexibility index (Phi) is 4.19. The third-order valence-corrected chi connectivity index (χ3v) is 5.06. The topological polar surface area (TPSA) is 53.6 Å². The van der Waals surface area contributed by atoms with Gasteiger partial charge in [-0.1, -0.05) is 12.1 Å². The third kappa shape index (κ3) is 3.39. The number of hydrogen-bond acceptors (Lipinski definition) is 4. The first-order valence-corrected chi connectivity index (χ1v) is 8.89. The van der Waals surface area contributed by atoms with Gasteiger partial charge in [0.05, 0.1) is 30.2 Å². The van der Waals surface area contributed by atoms with Crippen LogP contribution in [-0.4, -0.2) is 9.55 Å². The highest BCUT2D eigenvalue weighted by molar-refractivity contribution is 7.17. The summed E-state index contributed by atoms with van der Waals surface area (Å²) in [4.78, 5) is 4.28. The first-order valence-electron chi connectivity index (χ1n) is 8.01. The second-order valence-corrected chi connectivity index (χ2v) is 6.80. The summed E-state index contributed by atoms with van der Waals surface area (Å²) in [5.41, 5.74) is 4.06. The summed E-state index contributed by atoms with van der Waals surface area (Å²) in [6, 6.07) is 18.4. The van der Waals surface area contributed by atoms with Gasteiger partial charge in [0.25, 0.3) is 0 Å². The maximum absolute atomic E-state index is 8.89. The lowest BCUT2D eigenvalue weighted by atomic mass is 10.1. The molecule has 0 radical (unpaired) electrons. The van der Waals surface area contributed by atoms with Crippen molar-refractivity contribution >= 4 is 27.1 Å². The number of anilines is 1. The molecular weight excluding hydrogens is 328 g/mol. The Hall–Kier alpha value is -3.10. The van der Waals surface area contributed by atoms with Gasteiger partial charge < -0.3 is 9.88 Å². The van der Waals surface area contributed by atoms with Gasteiger partial charge in [0.15, 0.2) is 0 Å². The Morgan fingerprint density at radius 3 is 2.84 bits per heavy atom. The molecule has 0 saturated heterocycles. The summed E-state index contributed by atoms with van der Waals surface area (Å²) in [5, 5.41) is 15.7. The molecule has 122 valence electrons. The van der Waals surface area contributed by atoms with E-state index in [0.29, 0.717) is 12.1 Å². The lowest BCUT2D eigenvalue weighted by molar-refractivity contribution is 0.749. The minimum Gasteiger partial charge on any atom is -0.379 e. The summed E-state index contributed by atoms with van der Waals surface area (Å²) in [7, 11) is 0. The van der Waals surface area contributed by atoms with Crippen LogP contribution in [0.5, 0.6) is 0 Å². The van der Waals surface area contributed by atoms with Crippen LogP contribution in [0, 0.1) is 11.3 Å². The lowest BCUT2D eigenvalue weighted by Crippen LogP contribution is -2.08. The van der Waals surface area contributed by atoms with Crippen LogP contribution < -0.4 is 5.32 Å². The summed E-state index contributed by atoms with van der Waals surface area (Å²) in [6.45, 7) is 1.46. The smallest absolute Gasteiger partial charge is 0.0991 e. The maximum atomic E-state index is 8.89. The first kappa shape index (κ1) is 15.4. The minimum absolute atomic E-state index is 0.681. The standard InChI is InChI=1S/C20H16N4S/c21-10-15-1-3-16(4-2-15)13-24-14-22-11-19(24)12-23-18-5-6-20-17(9-18)7-8-25-20/h1-9,11,14,23H,12-13H2. The number of thiophene rings is 1. The van der Waals surface area contributed by atoms with Gasteiger partial charge in [0, 0.05) is 23.1 Å². The lowest BCUT2D eigenvalue weighted by Gasteiger charge is -2.10. The fraction of sp³-hybridized carbons (Fsp3) is 0.100. The van der Waals surface area contributed by atoms with Gasteiger partial charge in [-0.2, -0.15) is 5.26 Å². The summed E-state index contributed by atoms with van der Waals surface area (Å²) in [6.07, 6.45) is 3.73. The van der Waals surface area contributed by atoms with Crippen LogP contribution in [0.4, 0.5) is 5.69 Å². The summed E-state index contributed by atoms with van der Waals surface area (Å²) < 4.78 is 3.42. The minimum atomic E-state index is 0.681. The van der Waals surface area contributed by atoms with E-state index in [0.717, 1.165) is 23.5 Å². The Morgan fingerprint density at radius 2 is 2.00 bits per heavy atom. The highest BCUT2D eigenvalue weighted by atomic mass is 32.1. The van der Waals surface area contributed by atoms with Crippen molar-refractivity contribution in [2.45, 2.75) is 13.1 Å². The molecule has 2 aromatic heterocycles. The number of benzene rings is 2. The van der Waals surface area contributed by atoms with E-state index in [4.69, 9.17) is 5.26 Å². The Morgan fingerprint density at radius 1 is 1.12 bits per heavy atom. The van der Waals surface area contributed by atoms with Crippen LogP contribution in [0.25, 0.3) is 10.1 Å². The molecule has 0 saturated carbocycles. The Labute approximate surface area is 150 Å². The van der Waals surface area contributed by atoms with E-state index in [2.05, 4.69) is 50.6 Å². The predicted octanol–water partition coefficient (Wildman–Crippen LogP) is 4.63. The van der Waals surface area contributed by atoms with Gasteiger partial charge >= 0.3 is 0 Å². The number of nitriles is 1. The van der Waals surface area contributed by atoms with E-state index in [9.17, 15) is 0 Å². The molecule has 0 fully saturated rings. The average Bonchev–Trinajstić information content (AvgIpc) is 3.29. The van der Waals surface area contributed by atoms with Gasteiger partial charge in [-0.3, -0.25) is 0 Å². The third-order valence-electron chi connectivity index (χ3n) is 4.16. The molecule has 2 heterocycles. The second-order valence-electron chi connectivity index (χ2n) is 5.85. The number of rotatable bonds is 5. The number of fused-ring (bicyclic) bond motifs is 1. The van der Waals surface area contributed by atoms with Crippen LogP contribution in [0.3, 0.4) is 0 Å². The molecule has 2 aromatic carbocycles. The quantitative estimate of drug-likeness (QED) is 0.574. The monoisotopic (exact) mass is 344 g/mol. The van der Waals surface area contributed by atoms with Crippen molar-refractivity contribution in [2.75, 3.05) is 5.32 Å². The van der Waals surface area contributed by atoms with Gasteiger partial charge in [0.1, 0.15) is 0 Å². The van der Waals surface area contributed by atoms with E-state index in [1.807, 2.05) is 36.8 Å². The molecule has 1 N–H and O–H groups in total. The van der Waals surface area contributed by atoms with Crippen molar-refractivity contribution in [1.82, 2.24) is 9.55 Å². The number of nitrogens with one attached hydrogen (secondary N) is 1. The van der Waals surface area contributed by atoms with Crippen LogP contribution in [-0.2, 0) is 13.1 Å². The summed E-state index contributed by atoms with van der Waals surface area (Å²) >= 11 is 1.76. The Bertz CT molecular complexity index is 1040. The van der Waals surface area contributed by atoms with Crippen LogP contribution in [0.1, 0.15) is 16.8 Å². The molecule has 0 spiro atoms. The molecule has 5 heteroatoms. The normalized spacial score (nSPS) is 10.7. The predicted molar refractivity (Wildman–Crippen MR) is 102 cm³/mol. The average molecular weight is 344 g/mol. The number of hydrogen-bond donors (Lipinski definition) is 1. The fourth-order valence-electron chi connectivity index (χ4n) is 2.79. The molecule has 0 aliphatic carbocycles. The second kappa shape index (κ2) is 6.80. The van der Waals surface area contributed by atoms with E-state index in [1.54, 1.807) is 11.3 Å². The zero-order valence-electron chi connectivity index (χ0n) is 13.5. The van der Waals surface area contributed by atoms with Crippen molar-refractivity contribution in [2.24, 2.45) is 0 Å². The number of aromatic nitrogens is 2. The Balaban J connectivity index is 1.46. The largest absolute Gasteiger partial charge is 0.379 e. The maximum Gasteiger partial charge on any atom is 0.0991 e. The van der Waals surface area contributed by atoms with Gasteiger partial charge in [0.2, 0.25) is 0 Å². The zero-order valence-corrected chi connectivity index (χ0v) is 14.3. The molecule has 4 aromatic rings. The highest BCUT2D eigenvalue weighted by Gasteiger charge is 2.04. The molecule has 25 heavy (non-hydrogen) atoms. The van der Waals surface area contributed by atoms with Crippen LogP contribution >= 0.6 is 11.3 Å². The molecule has 4 nitrogen and oxygen atoms in total. The van der Waals surface area contributed by atoms with Crippen LogP contribution in [0.2, 0.25) is 0 Å². The fourth-order valence-corrected chi connectivity index (χ4v) is 3.56. The molecule has 0 unspecified atom stereocenters. The van der Waals surface area contributed by atoms with Gasteiger partial charge in [-0.15, -0.1) is 11.3 Å². The van der Waals surface area contributed by atoms with Gasteiger partial charge in [-0.25, -0.2) is 4.98 Å². The molecular formula is C20H16N4S.